The first kappa shape index (κ1) is 18.8. The largest absolute Gasteiger partial charge is 0.591 e. The van der Waals surface area contributed by atoms with Crippen LogP contribution < -0.4 is 0 Å². The molecule has 0 spiro atoms. The summed E-state index contributed by atoms with van der Waals surface area (Å²) in [4.78, 5) is 0. The van der Waals surface area contributed by atoms with Crippen LogP contribution in [0.3, 0.4) is 0 Å². The Labute approximate surface area is 149 Å². The van der Waals surface area contributed by atoms with Crippen molar-refractivity contribution in [2.24, 2.45) is 15.7 Å². The van der Waals surface area contributed by atoms with E-state index in [4.69, 9.17) is 11.6 Å². The number of hydrogen-bond donors (Lipinski definition) is 0. The summed E-state index contributed by atoms with van der Waals surface area (Å²) in [5.41, 5.74) is 3.28. The smallest absolute Gasteiger partial charge is 0.144 e. The van der Waals surface area contributed by atoms with Crippen LogP contribution >= 0.6 is 11.6 Å². The Morgan fingerprint density at radius 1 is 1.22 bits per heavy atom. The van der Waals surface area contributed by atoms with Crippen molar-refractivity contribution >= 4 is 28.7 Å². The van der Waals surface area contributed by atoms with Crippen molar-refractivity contribution in [1.29, 1.82) is 0 Å². The maximum absolute atomic E-state index is 12.2. The van der Waals surface area contributed by atoms with Crippen LogP contribution in [-0.2, 0) is 11.4 Å². The molecule has 2 unspecified atom stereocenters. The van der Waals surface area contributed by atoms with Gasteiger partial charge in [-0.05, 0) is 63.0 Å². The lowest BCUT2D eigenvalue weighted by Gasteiger charge is -2.19. The lowest BCUT2D eigenvalue weighted by atomic mass is 9.87. The van der Waals surface area contributed by atoms with Gasteiger partial charge in [-0.15, -0.1) is 0 Å². The van der Waals surface area contributed by atoms with Gasteiger partial charge in [0, 0.05) is 10.6 Å². The fraction of sp³-hybridized carbons (Fsp3) is 0.632. The van der Waals surface area contributed by atoms with Crippen molar-refractivity contribution in [2.45, 2.75) is 65.6 Å². The molecule has 1 aliphatic carbocycles. The van der Waals surface area contributed by atoms with E-state index < -0.39 is 11.4 Å². The Morgan fingerprint density at radius 2 is 1.83 bits per heavy atom. The van der Waals surface area contributed by atoms with Gasteiger partial charge in [-0.25, -0.2) is 0 Å². The Morgan fingerprint density at radius 3 is 2.26 bits per heavy atom. The van der Waals surface area contributed by atoms with E-state index in [0.717, 1.165) is 16.3 Å². The number of halogens is 1. The minimum absolute atomic E-state index is 0.327. The predicted molar refractivity (Wildman–Crippen MR) is 102 cm³/mol. The molecule has 1 saturated carbocycles. The molecule has 0 bridgehead atoms. The molecular weight excluding hydrogens is 326 g/mol. The fourth-order valence-corrected chi connectivity index (χ4v) is 3.81. The topological polar surface area (TPSA) is 35.4 Å². The molecule has 1 aromatic rings. The van der Waals surface area contributed by atoms with Crippen molar-refractivity contribution < 1.29 is 4.55 Å². The normalized spacial score (nSPS) is 23.8. The van der Waals surface area contributed by atoms with Crippen molar-refractivity contribution in [1.82, 2.24) is 0 Å². The quantitative estimate of drug-likeness (QED) is 0.502. The van der Waals surface area contributed by atoms with Crippen LogP contribution in [0.1, 0.15) is 71.9 Å². The zero-order chi connectivity index (χ0) is 17.6. The van der Waals surface area contributed by atoms with Crippen LogP contribution in [0, 0.1) is 11.3 Å². The number of nitrogens with zero attached hydrogens (tertiary/aromatic N) is 1. The highest BCUT2D eigenvalue weighted by Gasteiger charge is 2.46. The molecule has 0 saturated heterocycles. The van der Waals surface area contributed by atoms with E-state index in [1.165, 1.54) is 12.0 Å². The van der Waals surface area contributed by atoms with Crippen molar-refractivity contribution in [3.05, 3.63) is 34.3 Å². The summed E-state index contributed by atoms with van der Waals surface area (Å²) in [6, 6.07) is 6.14. The van der Waals surface area contributed by atoms with Gasteiger partial charge in [-0.3, -0.25) is 0 Å². The molecule has 2 nitrogen and oxygen atoms in total. The van der Waals surface area contributed by atoms with E-state index in [9.17, 15) is 4.55 Å². The second-order valence-electron chi connectivity index (χ2n) is 8.59. The summed E-state index contributed by atoms with van der Waals surface area (Å²) in [5.74, 6) is 1.27. The lowest BCUT2D eigenvalue weighted by Crippen LogP contribution is -2.26. The van der Waals surface area contributed by atoms with Gasteiger partial charge >= 0.3 is 0 Å². The zero-order valence-corrected chi connectivity index (χ0v) is 16.8. The second-order valence-corrected chi connectivity index (χ2v) is 10.9. The molecular formula is C19H28ClNOS. The molecule has 1 aliphatic rings. The molecule has 0 aliphatic heterocycles. The van der Waals surface area contributed by atoms with E-state index in [1.54, 1.807) is 0 Å². The minimum Gasteiger partial charge on any atom is -0.591 e. The molecule has 2 rings (SSSR count). The molecule has 3 atom stereocenters. The lowest BCUT2D eigenvalue weighted by molar-refractivity contribution is 0.343. The van der Waals surface area contributed by atoms with Gasteiger partial charge in [0.1, 0.15) is 16.1 Å². The van der Waals surface area contributed by atoms with Gasteiger partial charge in [-0.2, -0.15) is 0 Å². The molecule has 0 radical (unpaired) electrons. The SMILES string of the molecule is CC(=N[S+]([O-])C(C)(C)C)c1ccc([C@@H]2CC2C(C)(C)C)c(Cl)c1. The number of rotatable bonds is 3. The van der Waals surface area contributed by atoms with Gasteiger partial charge in [0.25, 0.3) is 0 Å². The maximum Gasteiger partial charge on any atom is 0.144 e. The van der Waals surface area contributed by atoms with Gasteiger partial charge in [0.05, 0.1) is 5.71 Å². The molecule has 0 heterocycles. The highest BCUT2D eigenvalue weighted by Crippen LogP contribution is 2.57. The minimum atomic E-state index is -1.25. The highest BCUT2D eigenvalue weighted by molar-refractivity contribution is 7.91. The van der Waals surface area contributed by atoms with E-state index in [-0.39, 0.29) is 4.75 Å². The summed E-state index contributed by atoms with van der Waals surface area (Å²) in [7, 11) is 0. The van der Waals surface area contributed by atoms with Crippen LogP contribution in [-0.4, -0.2) is 15.0 Å². The maximum atomic E-state index is 12.2. The monoisotopic (exact) mass is 353 g/mol. The van der Waals surface area contributed by atoms with Crippen molar-refractivity contribution in [3.8, 4) is 0 Å². The van der Waals surface area contributed by atoms with Crippen LogP contribution in [0.25, 0.3) is 0 Å². The first-order valence-corrected chi connectivity index (χ1v) is 9.67. The first-order chi connectivity index (χ1) is 10.4. The Balaban J connectivity index is 2.19. The summed E-state index contributed by atoms with van der Waals surface area (Å²) in [6.45, 7) is 14.5. The molecule has 128 valence electrons. The van der Waals surface area contributed by atoms with Gasteiger partial charge in [0.2, 0.25) is 0 Å². The average molecular weight is 354 g/mol. The zero-order valence-electron chi connectivity index (χ0n) is 15.2. The number of hydrogen-bond acceptors (Lipinski definition) is 2. The predicted octanol–water partition coefficient (Wildman–Crippen LogP) is 5.76. The summed E-state index contributed by atoms with van der Waals surface area (Å²) in [6.07, 6.45) is 1.21. The second kappa shape index (κ2) is 6.42. The third-order valence-corrected chi connectivity index (χ3v) is 6.28. The fourth-order valence-electron chi connectivity index (χ4n) is 2.86. The van der Waals surface area contributed by atoms with E-state index >= 15 is 0 Å². The van der Waals surface area contributed by atoms with E-state index in [0.29, 0.717) is 17.3 Å². The van der Waals surface area contributed by atoms with E-state index in [2.05, 4.69) is 37.3 Å². The van der Waals surface area contributed by atoms with Gasteiger partial charge in [-0.1, -0.05) is 48.9 Å². The molecule has 1 fully saturated rings. The van der Waals surface area contributed by atoms with Gasteiger partial charge < -0.3 is 4.55 Å². The third-order valence-electron chi connectivity index (χ3n) is 4.46. The van der Waals surface area contributed by atoms with Crippen LogP contribution in [0.4, 0.5) is 0 Å². The molecule has 0 aromatic heterocycles. The standard InChI is InChI=1S/C19H28ClNOS/c1-12(21-23(22)19(5,6)7)13-8-9-14(17(20)10-13)15-11-16(15)18(2,3)4/h8-10,15-16H,11H2,1-7H3/t15-,16?,23?/m0/s1. The van der Waals surface area contributed by atoms with Crippen molar-refractivity contribution in [3.63, 3.8) is 0 Å². The summed E-state index contributed by atoms with van der Waals surface area (Å²) in [5, 5.41) is 0.801. The molecule has 4 heteroatoms. The molecule has 23 heavy (non-hydrogen) atoms. The molecule has 0 amide bonds. The Bertz CT molecular complexity index is 613. The Kier molecular flexibility index (Phi) is 5.25. The van der Waals surface area contributed by atoms with Crippen LogP contribution in [0.15, 0.2) is 22.6 Å². The summed E-state index contributed by atoms with van der Waals surface area (Å²) < 4.78 is 16.1. The average Bonchev–Trinajstić information content (AvgIpc) is 3.17. The molecule has 1 aromatic carbocycles. The first-order valence-electron chi connectivity index (χ1n) is 8.18. The van der Waals surface area contributed by atoms with Crippen LogP contribution in [0.5, 0.6) is 0 Å². The van der Waals surface area contributed by atoms with Gasteiger partial charge in [0.15, 0.2) is 0 Å². The highest BCUT2D eigenvalue weighted by atomic mass is 35.5. The third kappa shape index (κ3) is 4.52. The summed E-state index contributed by atoms with van der Waals surface area (Å²) >= 11 is 5.27. The Hall–Kier alpha value is -0.510. The van der Waals surface area contributed by atoms with E-state index in [1.807, 2.05) is 33.8 Å². The van der Waals surface area contributed by atoms with Crippen molar-refractivity contribution in [2.75, 3.05) is 0 Å². The molecule has 0 N–H and O–H groups in total. The van der Waals surface area contributed by atoms with Crippen LogP contribution in [0.2, 0.25) is 5.02 Å². The number of benzene rings is 1.